The average Bonchev–Trinajstić information content (AvgIpc) is 2.50. The summed E-state index contributed by atoms with van der Waals surface area (Å²) in [6, 6.07) is 7.28. The minimum Gasteiger partial charge on any atom is -0.472 e. The first-order valence-electron chi connectivity index (χ1n) is 6.35. The van der Waals surface area contributed by atoms with E-state index in [4.69, 9.17) is 10.5 Å². The molecule has 2 N–H and O–H groups in total. The van der Waals surface area contributed by atoms with Gasteiger partial charge in [0.1, 0.15) is 5.82 Å². The van der Waals surface area contributed by atoms with Crippen LogP contribution in [-0.4, -0.2) is 21.4 Å². The summed E-state index contributed by atoms with van der Waals surface area (Å²) in [5, 5.41) is 21.6. The predicted octanol–water partition coefficient (Wildman–Crippen LogP) is 2.71. The van der Waals surface area contributed by atoms with E-state index in [0.29, 0.717) is 9.99 Å². The zero-order chi connectivity index (χ0) is 17.0. The van der Waals surface area contributed by atoms with E-state index in [9.17, 15) is 20.2 Å². The lowest BCUT2D eigenvalue weighted by Gasteiger charge is -2.07. The predicted molar refractivity (Wildman–Crippen MR) is 90.3 cm³/mol. The van der Waals surface area contributed by atoms with E-state index in [1.54, 1.807) is 12.1 Å². The molecule has 0 radical (unpaired) electrons. The maximum Gasteiger partial charge on any atom is 0.332 e. The van der Waals surface area contributed by atoms with Gasteiger partial charge >= 0.3 is 5.69 Å². The number of nitro groups is 2. The summed E-state index contributed by atoms with van der Waals surface area (Å²) in [5.74, 6) is 0.0105. The Balaban J connectivity index is 2.05. The van der Waals surface area contributed by atoms with Gasteiger partial charge in [-0.1, -0.05) is 12.1 Å². The molecule has 0 spiro atoms. The molecule has 1 heterocycles. The van der Waals surface area contributed by atoms with Crippen molar-refractivity contribution in [3.05, 3.63) is 59.7 Å². The van der Waals surface area contributed by atoms with Crippen molar-refractivity contribution in [3.63, 3.8) is 0 Å². The Morgan fingerprint density at radius 2 is 1.83 bits per heavy atom. The Kier molecular flexibility index (Phi) is 5.26. The highest BCUT2D eigenvalue weighted by molar-refractivity contribution is 14.1. The van der Waals surface area contributed by atoms with E-state index < -0.39 is 9.85 Å². The molecule has 0 aliphatic heterocycles. The van der Waals surface area contributed by atoms with Crippen molar-refractivity contribution in [3.8, 4) is 5.88 Å². The summed E-state index contributed by atoms with van der Waals surface area (Å²) in [4.78, 5) is 24.4. The number of anilines is 1. The SMILES string of the molecule is Nc1nc(OCCc2ccc([N+](=O)[O-])cc2)c([N+](=O)[O-])cc1I. The third-order valence-electron chi connectivity index (χ3n) is 2.92. The number of rotatable bonds is 6. The standard InChI is InChI=1S/C13H11IN4O5/c14-10-7-11(18(21)22)13(16-12(10)15)23-6-5-8-1-3-9(4-2-8)17(19)20/h1-4,7H,5-6H2,(H2,15,16). The number of nitrogens with two attached hydrogens (primary N) is 1. The number of benzene rings is 1. The molecule has 0 amide bonds. The molecule has 0 bridgehead atoms. The van der Waals surface area contributed by atoms with E-state index in [1.807, 2.05) is 22.6 Å². The van der Waals surface area contributed by atoms with E-state index >= 15 is 0 Å². The quantitative estimate of drug-likeness (QED) is 0.423. The molecule has 23 heavy (non-hydrogen) atoms. The van der Waals surface area contributed by atoms with Crippen LogP contribution in [0.15, 0.2) is 30.3 Å². The molecule has 0 unspecified atom stereocenters. The normalized spacial score (nSPS) is 10.3. The number of ether oxygens (including phenoxy) is 1. The number of pyridine rings is 1. The zero-order valence-corrected chi connectivity index (χ0v) is 13.8. The van der Waals surface area contributed by atoms with Gasteiger partial charge in [-0.05, 0) is 28.2 Å². The number of aromatic nitrogens is 1. The Morgan fingerprint density at radius 3 is 2.39 bits per heavy atom. The van der Waals surface area contributed by atoms with E-state index in [0.717, 1.165) is 5.56 Å². The third kappa shape index (κ3) is 4.25. The number of hydrogen-bond donors (Lipinski definition) is 1. The van der Waals surface area contributed by atoms with Crippen molar-refractivity contribution >= 4 is 39.8 Å². The molecule has 1 aromatic heterocycles. The number of hydrogen-bond acceptors (Lipinski definition) is 7. The topological polar surface area (TPSA) is 134 Å². The molecule has 9 nitrogen and oxygen atoms in total. The van der Waals surface area contributed by atoms with Crippen molar-refractivity contribution in [2.24, 2.45) is 0 Å². The first kappa shape index (κ1) is 16.9. The molecule has 2 rings (SSSR count). The summed E-state index contributed by atoms with van der Waals surface area (Å²) in [6.07, 6.45) is 0.419. The lowest BCUT2D eigenvalue weighted by atomic mass is 10.1. The Labute approximate surface area is 143 Å². The average molecular weight is 430 g/mol. The van der Waals surface area contributed by atoms with Crippen LogP contribution < -0.4 is 10.5 Å². The fourth-order valence-electron chi connectivity index (χ4n) is 1.76. The summed E-state index contributed by atoms with van der Waals surface area (Å²) in [7, 11) is 0. The molecular formula is C13H11IN4O5. The first-order valence-corrected chi connectivity index (χ1v) is 7.43. The zero-order valence-electron chi connectivity index (χ0n) is 11.6. The van der Waals surface area contributed by atoms with Crippen LogP contribution in [0.4, 0.5) is 17.2 Å². The molecule has 0 aliphatic rings. The van der Waals surface area contributed by atoms with Gasteiger partial charge in [0.15, 0.2) is 0 Å². The van der Waals surface area contributed by atoms with Crippen molar-refractivity contribution in [1.82, 2.24) is 4.98 Å². The second kappa shape index (κ2) is 7.17. The van der Waals surface area contributed by atoms with E-state index in [1.165, 1.54) is 18.2 Å². The minimum atomic E-state index is -0.587. The largest absolute Gasteiger partial charge is 0.472 e. The van der Waals surface area contributed by atoms with Crippen molar-refractivity contribution in [2.75, 3.05) is 12.3 Å². The summed E-state index contributed by atoms with van der Waals surface area (Å²) in [5.41, 5.74) is 6.18. The van der Waals surface area contributed by atoms with Gasteiger partial charge in [0.25, 0.3) is 11.6 Å². The smallest absolute Gasteiger partial charge is 0.332 e. The lowest BCUT2D eigenvalue weighted by molar-refractivity contribution is -0.386. The lowest BCUT2D eigenvalue weighted by Crippen LogP contribution is -2.07. The summed E-state index contributed by atoms with van der Waals surface area (Å²) < 4.78 is 5.82. The van der Waals surface area contributed by atoms with Gasteiger partial charge in [0.05, 0.1) is 20.0 Å². The van der Waals surface area contributed by atoms with Crippen LogP contribution in [0.3, 0.4) is 0 Å². The molecule has 2 aromatic rings. The van der Waals surface area contributed by atoms with Crippen LogP contribution in [0.1, 0.15) is 5.56 Å². The van der Waals surface area contributed by atoms with Gasteiger partial charge in [-0.3, -0.25) is 20.2 Å². The summed E-state index contributed by atoms with van der Waals surface area (Å²) >= 11 is 1.85. The first-order chi connectivity index (χ1) is 10.9. The Bertz CT molecular complexity index is 751. The minimum absolute atomic E-state index is 0.00242. The molecular weight excluding hydrogens is 419 g/mol. The Hall–Kier alpha value is -2.50. The van der Waals surface area contributed by atoms with Gasteiger partial charge in [-0.15, -0.1) is 0 Å². The number of nitrogens with zero attached hydrogens (tertiary/aromatic N) is 3. The monoisotopic (exact) mass is 430 g/mol. The number of non-ortho nitro benzene ring substituents is 1. The number of halogens is 1. The van der Waals surface area contributed by atoms with Crippen LogP contribution in [-0.2, 0) is 6.42 Å². The maximum atomic E-state index is 11.0. The van der Waals surface area contributed by atoms with Crippen molar-refractivity contribution in [2.45, 2.75) is 6.42 Å². The van der Waals surface area contributed by atoms with Crippen LogP contribution in [0.2, 0.25) is 0 Å². The summed E-state index contributed by atoms with van der Waals surface area (Å²) in [6.45, 7) is 0.131. The van der Waals surface area contributed by atoms with Crippen molar-refractivity contribution < 1.29 is 14.6 Å². The molecule has 0 atom stereocenters. The van der Waals surface area contributed by atoms with Gasteiger partial charge in [0.2, 0.25) is 0 Å². The fraction of sp³-hybridized carbons (Fsp3) is 0.154. The highest BCUT2D eigenvalue weighted by Crippen LogP contribution is 2.29. The highest BCUT2D eigenvalue weighted by Gasteiger charge is 2.19. The highest BCUT2D eigenvalue weighted by atomic mass is 127. The second-order valence-corrected chi connectivity index (χ2v) is 5.62. The molecule has 0 saturated heterocycles. The molecule has 120 valence electrons. The number of nitrogen functional groups attached to an aromatic ring is 1. The number of nitro benzene ring substituents is 1. The van der Waals surface area contributed by atoms with Crippen LogP contribution in [0, 0.1) is 23.8 Å². The van der Waals surface area contributed by atoms with Gasteiger partial charge in [-0.25, -0.2) is 0 Å². The molecule has 0 fully saturated rings. The molecule has 1 aromatic carbocycles. The van der Waals surface area contributed by atoms with Crippen LogP contribution in [0.5, 0.6) is 5.88 Å². The maximum absolute atomic E-state index is 11.0. The fourth-order valence-corrected chi connectivity index (χ4v) is 2.18. The van der Waals surface area contributed by atoms with Crippen LogP contribution >= 0.6 is 22.6 Å². The van der Waals surface area contributed by atoms with Gasteiger partial charge < -0.3 is 10.5 Å². The van der Waals surface area contributed by atoms with Gasteiger partial charge in [0, 0.05) is 24.6 Å². The van der Waals surface area contributed by atoms with Crippen molar-refractivity contribution in [1.29, 1.82) is 0 Å². The third-order valence-corrected chi connectivity index (χ3v) is 3.79. The van der Waals surface area contributed by atoms with E-state index in [2.05, 4.69) is 4.98 Å². The van der Waals surface area contributed by atoms with E-state index in [-0.39, 0.29) is 29.7 Å². The molecule has 0 aliphatic carbocycles. The Morgan fingerprint density at radius 1 is 1.17 bits per heavy atom. The second-order valence-electron chi connectivity index (χ2n) is 4.46. The van der Waals surface area contributed by atoms with Crippen LogP contribution in [0.25, 0.3) is 0 Å². The molecule has 10 heteroatoms. The molecule has 0 saturated carbocycles. The van der Waals surface area contributed by atoms with Gasteiger partial charge in [-0.2, -0.15) is 4.98 Å².